The summed E-state index contributed by atoms with van der Waals surface area (Å²) in [4.78, 5) is 16.5. The quantitative estimate of drug-likeness (QED) is 0.588. The van der Waals surface area contributed by atoms with Crippen molar-refractivity contribution in [3.05, 3.63) is 41.2 Å². The molecule has 0 saturated heterocycles. The van der Waals surface area contributed by atoms with Crippen LogP contribution in [0.5, 0.6) is 5.75 Å². The Hall–Kier alpha value is -2.58. The predicted molar refractivity (Wildman–Crippen MR) is 109 cm³/mol. The number of benzene rings is 1. The van der Waals surface area contributed by atoms with Gasteiger partial charge < -0.3 is 14.5 Å². The van der Waals surface area contributed by atoms with Gasteiger partial charge in [-0.1, -0.05) is 0 Å². The number of rotatable bonds is 8. The molecule has 1 aromatic carbocycles. The van der Waals surface area contributed by atoms with Gasteiger partial charge in [-0.05, 0) is 25.1 Å². The second kappa shape index (κ2) is 8.20. The lowest BCUT2D eigenvalue weighted by Crippen LogP contribution is -2.06. The van der Waals surface area contributed by atoms with Crippen LogP contribution in [0.3, 0.4) is 0 Å². The van der Waals surface area contributed by atoms with Gasteiger partial charge in [-0.3, -0.25) is 14.2 Å². The number of fused-ring (bicyclic) bond motifs is 3. The Morgan fingerprint density at radius 1 is 1.25 bits per heavy atom. The van der Waals surface area contributed by atoms with Gasteiger partial charge in [0.15, 0.2) is 5.16 Å². The molecule has 0 radical (unpaired) electrons. The first-order chi connectivity index (χ1) is 13.7. The number of aliphatic imine (C=N–C) groups is 1. The van der Waals surface area contributed by atoms with Gasteiger partial charge in [0.1, 0.15) is 5.75 Å². The summed E-state index contributed by atoms with van der Waals surface area (Å²) in [7, 11) is 0.335. The SMILES string of the molecule is COCCCOc1ccnc(CS(=O)c2nc3c4c(ccc3[nH]2)N=CC4)c1C. The molecule has 0 bridgehead atoms. The van der Waals surface area contributed by atoms with Crippen LogP contribution in [0.1, 0.15) is 23.2 Å². The zero-order valence-corrected chi connectivity index (χ0v) is 16.7. The first-order valence-corrected chi connectivity index (χ1v) is 10.5. The number of hydrogen-bond donors (Lipinski definition) is 1. The summed E-state index contributed by atoms with van der Waals surface area (Å²) in [5.41, 5.74) is 5.39. The number of H-pyrrole nitrogens is 1. The van der Waals surface area contributed by atoms with E-state index in [1.807, 2.05) is 31.3 Å². The number of imidazole rings is 1. The monoisotopic (exact) mass is 398 g/mol. The van der Waals surface area contributed by atoms with Crippen molar-refractivity contribution >= 4 is 33.7 Å². The molecule has 4 rings (SSSR count). The number of methoxy groups -OCH3 is 1. The van der Waals surface area contributed by atoms with Crippen LogP contribution in [0.4, 0.5) is 5.69 Å². The lowest BCUT2D eigenvalue weighted by Gasteiger charge is -2.11. The summed E-state index contributed by atoms with van der Waals surface area (Å²) in [6.07, 6.45) is 5.13. The summed E-state index contributed by atoms with van der Waals surface area (Å²) in [6, 6.07) is 5.73. The van der Waals surface area contributed by atoms with Crippen molar-refractivity contribution in [3.63, 3.8) is 0 Å². The highest BCUT2D eigenvalue weighted by Crippen LogP contribution is 2.31. The fourth-order valence-electron chi connectivity index (χ4n) is 3.20. The first kappa shape index (κ1) is 18.8. The largest absolute Gasteiger partial charge is 0.493 e. The molecule has 7 nitrogen and oxygen atoms in total. The van der Waals surface area contributed by atoms with E-state index in [-0.39, 0.29) is 5.75 Å². The maximum absolute atomic E-state index is 12.9. The number of hydrogen-bond acceptors (Lipinski definition) is 6. The van der Waals surface area contributed by atoms with Gasteiger partial charge in [-0.25, -0.2) is 4.98 Å². The molecular weight excluding hydrogens is 376 g/mol. The fourth-order valence-corrected chi connectivity index (χ4v) is 4.30. The van der Waals surface area contributed by atoms with Crippen molar-refractivity contribution in [2.45, 2.75) is 30.7 Å². The van der Waals surface area contributed by atoms with Gasteiger partial charge in [0.05, 0.1) is 45.6 Å². The molecule has 3 heterocycles. The molecule has 8 heteroatoms. The van der Waals surface area contributed by atoms with E-state index >= 15 is 0 Å². The molecule has 1 atom stereocenters. The highest BCUT2D eigenvalue weighted by molar-refractivity contribution is 7.84. The minimum Gasteiger partial charge on any atom is -0.493 e. The van der Waals surface area contributed by atoms with Crippen LogP contribution in [0.25, 0.3) is 11.0 Å². The average Bonchev–Trinajstić information content (AvgIpc) is 3.34. The van der Waals surface area contributed by atoms with Crippen molar-refractivity contribution in [1.82, 2.24) is 15.0 Å². The minimum absolute atomic E-state index is 0.277. The number of ether oxygens (including phenoxy) is 2. The second-order valence-electron chi connectivity index (χ2n) is 6.58. The van der Waals surface area contributed by atoms with Crippen molar-refractivity contribution in [1.29, 1.82) is 0 Å². The molecule has 1 aliphatic heterocycles. The van der Waals surface area contributed by atoms with Gasteiger partial charge in [0.25, 0.3) is 0 Å². The molecule has 2 aromatic heterocycles. The number of aromatic amines is 1. The highest BCUT2D eigenvalue weighted by Gasteiger charge is 2.18. The standard InChI is InChI=1S/C20H22N4O3S/c1-13-17(22-9-7-18(13)27-11-3-10-26-2)12-28(25)20-23-16-5-4-15-14(6-8-21-15)19(16)24-20/h4-5,7-9H,3,6,10-12H2,1-2H3,(H,23,24). The molecule has 0 fully saturated rings. The van der Waals surface area contributed by atoms with E-state index in [2.05, 4.69) is 19.9 Å². The third-order valence-electron chi connectivity index (χ3n) is 4.73. The Balaban J connectivity index is 1.52. The maximum atomic E-state index is 12.9. The molecule has 0 amide bonds. The van der Waals surface area contributed by atoms with E-state index < -0.39 is 10.8 Å². The Morgan fingerprint density at radius 3 is 3.00 bits per heavy atom. The number of pyridine rings is 1. The molecule has 146 valence electrons. The van der Waals surface area contributed by atoms with Gasteiger partial charge >= 0.3 is 0 Å². The molecule has 0 saturated carbocycles. The van der Waals surface area contributed by atoms with E-state index in [1.54, 1.807) is 13.3 Å². The van der Waals surface area contributed by atoms with Crippen LogP contribution in [-0.2, 0) is 27.7 Å². The Morgan fingerprint density at radius 2 is 2.14 bits per heavy atom. The normalized spacial score (nSPS) is 13.8. The summed E-state index contributed by atoms with van der Waals surface area (Å²) >= 11 is 0. The smallest absolute Gasteiger partial charge is 0.197 e. The molecule has 1 aliphatic rings. The Kier molecular flexibility index (Phi) is 5.50. The van der Waals surface area contributed by atoms with E-state index in [0.717, 1.165) is 52.1 Å². The van der Waals surface area contributed by atoms with Gasteiger partial charge in [0.2, 0.25) is 0 Å². The number of aromatic nitrogens is 3. The van der Waals surface area contributed by atoms with Crippen LogP contribution in [0.2, 0.25) is 0 Å². The summed E-state index contributed by atoms with van der Waals surface area (Å²) in [5.74, 6) is 1.04. The Labute approximate surface area is 165 Å². The zero-order chi connectivity index (χ0) is 19.5. The van der Waals surface area contributed by atoms with Crippen molar-refractivity contribution in [2.24, 2.45) is 4.99 Å². The summed E-state index contributed by atoms with van der Waals surface area (Å²) < 4.78 is 23.8. The van der Waals surface area contributed by atoms with E-state index in [4.69, 9.17) is 9.47 Å². The van der Waals surface area contributed by atoms with E-state index in [1.165, 1.54) is 0 Å². The third kappa shape index (κ3) is 3.70. The highest BCUT2D eigenvalue weighted by atomic mass is 32.2. The van der Waals surface area contributed by atoms with Crippen LogP contribution >= 0.6 is 0 Å². The molecule has 3 aromatic rings. The molecule has 1 N–H and O–H groups in total. The van der Waals surface area contributed by atoms with Crippen molar-refractivity contribution in [3.8, 4) is 5.75 Å². The lowest BCUT2D eigenvalue weighted by atomic mass is 10.1. The van der Waals surface area contributed by atoms with E-state index in [0.29, 0.717) is 18.4 Å². The second-order valence-corrected chi connectivity index (χ2v) is 7.95. The van der Waals surface area contributed by atoms with E-state index in [9.17, 15) is 4.21 Å². The van der Waals surface area contributed by atoms with Crippen LogP contribution in [0, 0.1) is 6.92 Å². The summed E-state index contributed by atoms with van der Waals surface area (Å²) in [5, 5.41) is 0.461. The van der Waals surface area contributed by atoms with Crippen LogP contribution in [-0.4, -0.2) is 45.7 Å². The van der Waals surface area contributed by atoms with Gasteiger partial charge in [0, 0.05) is 50.1 Å². The molecule has 28 heavy (non-hydrogen) atoms. The van der Waals surface area contributed by atoms with Crippen molar-refractivity contribution in [2.75, 3.05) is 20.3 Å². The van der Waals surface area contributed by atoms with Gasteiger partial charge in [-0.15, -0.1) is 0 Å². The fraction of sp³-hybridized carbons (Fsp3) is 0.350. The topological polar surface area (TPSA) is 89.5 Å². The zero-order valence-electron chi connectivity index (χ0n) is 15.9. The van der Waals surface area contributed by atoms with Crippen molar-refractivity contribution < 1.29 is 13.7 Å². The molecule has 1 unspecified atom stereocenters. The first-order valence-electron chi connectivity index (χ1n) is 9.16. The van der Waals surface area contributed by atoms with Gasteiger partial charge in [-0.2, -0.15) is 0 Å². The lowest BCUT2D eigenvalue weighted by molar-refractivity contribution is 0.172. The van der Waals surface area contributed by atoms with Crippen LogP contribution < -0.4 is 4.74 Å². The molecule has 0 aliphatic carbocycles. The molecule has 0 spiro atoms. The predicted octanol–water partition coefficient (Wildman–Crippen LogP) is 3.25. The average molecular weight is 398 g/mol. The number of nitrogens with one attached hydrogen (secondary N) is 1. The minimum atomic E-state index is -1.34. The van der Waals surface area contributed by atoms with Crippen LogP contribution in [0.15, 0.2) is 34.5 Å². The Bertz CT molecular complexity index is 1060. The maximum Gasteiger partial charge on any atom is 0.197 e. The third-order valence-corrected chi connectivity index (χ3v) is 5.89. The number of nitrogens with zero attached hydrogens (tertiary/aromatic N) is 3. The molecular formula is C20H22N4O3S. The summed E-state index contributed by atoms with van der Waals surface area (Å²) in [6.45, 7) is 3.16.